The molecule has 2 rings (SSSR count). The normalized spacial score (nSPS) is 31.6. The molecular weight excluding hydrogens is 246 g/mol. The molecule has 0 bridgehead atoms. The standard InChI is InChI=1S/C14H25NO2S/c1-3-9-18-12-7-8-14(10-12,13(16)17-4-2)15-11-5-6-11/h11-12,15H,3-10H2,1-2H3. The van der Waals surface area contributed by atoms with Gasteiger partial charge in [-0.25, -0.2) is 0 Å². The summed E-state index contributed by atoms with van der Waals surface area (Å²) in [5, 5.41) is 4.19. The highest BCUT2D eigenvalue weighted by atomic mass is 32.2. The maximum atomic E-state index is 12.3. The van der Waals surface area contributed by atoms with Crippen molar-refractivity contribution in [1.82, 2.24) is 5.32 Å². The van der Waals surface area contributed by atoms with Gasteiger partial charge in [-0.05, 0) is 51.2 Å². The van der Waals surface area contributed by atoms with Gasteiger partial charge in [0, 0.05) is 11.3 Å². The number of nitrogens with one attached hydrogen (secondary N) is 1. The van der Waals surface area contributed by atoms with Crippen molar-refractivity contribution in [2.24, 2.45) is 0 Å². The first-order valence-electron chi connectivity index (χ1n) is 7.26. The lowest BCUT2D eigenvalue weighted by molar-refractivity contribution is -0.151. The number of esters is 1. The molecule has 0 aromatic carbocycles. The highest BCUT2D eigenvalue weighted by molar-refractivity contribution is 7.99. The molecule has 2 atom stereocenters. The quantitative estimate of drug-likeness (QED) is 0.723. The molecule has 0 aromatic heterocycles. The number of hydrogen-bond donors (Lipinski definition) is 1. The summed E-state index contributed by atoms with van der Waals surface area (Å²) in [6, 6.07) is 0.560. The predicted octanol–water partition coefficient (Wildman–Crippen LogP) is 2.74. The van der Waals surface area contributed by atoms with Crippen LogP contribution in [0.1, 0.15) is 52.4 Å². The third-order valence-electron chi connectivity index (χ3n) is 3.75. The molecule has 3 nitrogen and oxygen atoms in total. The van der Waals surface area contributed by atoms with Crippen molar-refractivity contribution in [3.05, 3.63) is 0 Å². The van der Waals surface area contributed by atoms with Gasteiger partial charge in [0.1, 0.15) is 5.54 Å². The van der Waals surface area contributed by atoms with E-state index in [0.29, 0.717) is 17.9 Å². The summed E-state index contributed by atoms with van der Waals surface area (Å²) in [6.07, 6.45) is 6.69. The Kier molecular flexibility index (Phi) is 4.96. The van der Waals surface area contributed by atoms with Crippen LogP contribution in [0.2, 0.25) is 0 Å². The Labute approximate surface area is 114 Å². The molecule has 2 unspecified atom stereocenters. The van der Waals surface area contributed by atoms with Crippen LogP contribution in [0.15, 0.2) is 0 Å². The topological polar surface area (TPSA) is 38.3 Å². The lowest BCUT2D eigenvalue weighted by Gasteiger charge is -2.28. The van der Waals surface area contributed by atoms with Crippen LogP contribution in [0.3, 0.4) is 0 Å². The second kappa shape index (κ2) is 6.29. The maximum absolute atomic E-state index is 12.3. The van der Waals surface area contributed by atoms with Crippen molar-refractivity contribution in [3.63, 3.8) is 0 Å². The van der Waals surface area contributed by atoms with Crippen LogP contribution in [0, 0.1) is 0 Å². The van der Waals surface area contributed by atoms with E-state index in [0.717, 1.165) is 19.3 Å². The average Bonchev–Trinajstić information content (AvgIpc) is 3.06. The van der Waals surface area contributed by atoms with Gasteiger partial charge in [0.25, 0.3) is 0 Å². The van der Waals surface area contributed by atoms with Crippen LogP contribution >= 0.6 is 11.8 Å². The highest BCUT2D eigenvalue weighted by Gasteiger charge is 2.48. The first-order valence-corrected chi connectivity index (χ1v) is 8.31. The molecule has 0 spiro atoms. The van der Waals surface area contributed by atoms with Crippen molar-refractivity contribution in [3.8, 4) is 0 Å². The first kappa shape index (κ1) is 14.2. The fraction of sp³-hybridized carbons (Fsp3) is 0.929. The fourth-order valence-corrected chi connectivity index (χ4v) is 3.95. The van der Waals surface area contributed by atoms with Crippen LogP contribution in [-0.4, -0.2) is 35.2 Å². The van der Waals surface area contributed by atoms with E-state index in [2.05, 4.69) is 12.2 Å². The van der Waals surface area contributed by atoms with E-state index in [9.17, 15) is 4.79 Å². The summed E-state index contributed by atoms with van der Waals surface area (Å²) >= 11 is 2.02. The maximum Gasteiger partial charge on any atom is 0.326 e. The second-order valence-corrected chi connectivity index (χ2v) is 6.87. The number of carbonyl (C=O) groups is 1. The number of rotatable bonds is 7. The van der Waals surface area contributed by atoms with E-state index in [1.54, 1.807) is 0 Å². The Morgan fingerprint density at radius 1 is 1.39 bits per heavy atom. The molecule has 2 aliphatic carbocycles. The van der Waals surface area contributed by atoms with Gasteiger partial charge < -0.3 is 4.74 Å². The van der Waals surface area contributed by atoms with Gasteiger partial charge in [0.05, 0.1) is 6.61 Å². The molecule has 0 amide bonds. The summed E-state index contributed by atoms with van der Waals surface area (Å²) in [5.74, 6) is 1.18. The molecular formula is C14H25NO2S. The monoisotopic (exact) mass is 271 g/mol. The molecule has 0 aliphatic heterocycles. The van der Waals surface area contributed by atoms with Gasteiger partial charge in [-0.3, -0.25) is 10.1 Å². The average molecular weight is 271 g/mol. The molecule has 2 saturated carbocycles. The lowest BCUT2D eigenvalue weighted by Crippen LogP contribution is -2.52. The molecule has 4 heteroatoms. The van der Waals surface area contributed by atoms with E-state index < -0.39 is 0 Å². The minimum Gasteiger partial charge on any atom is -0.465 e. The third-order valence-corrected chi connectivity index (χ3v) is 5.27. The molecule has 2 aliphatic rings. The summed E-state index contributed by atoms with van der Waals surface area (Å²) < 4.78 is 5.30. The van der Waals surface area contributed by atoms with E-state index in [1.807, 2.05) is 18.7 Å². The van der Waals surface area contributed by atoms with Crippen LogP contribution in [0.4, 0.5) is 0 Å². The number of ether oxygens (including phenoxy) is 1. The molecule has 0 aromatic rings. The van der Waals surface area contributed by atoms with Crippen LogP contribution < -0.4 is 5.32 Å². The summed E-state index contributed by atoms with van der Waals surface area (Å²) in [4.78, 5) is 12.3. The Bertz CT molecular complexity index is 294. The minimum absolute atomic E-state index is 0.0171. The predicted molar refractivity (Wildman–Crippen MR) is 75.9 cm³/mol. The van der Waals surface area contributed by atoms with Gasteiger partial charge in [0.15, 0.2) is 0 Å². The van der Waals surface area contributed by atoms with Crippen LogP contribution in [0.25, 0.3) is 0 Å². The van der Waals surface area contributed by atoms with E-state index in [1.165, 1.54) is 25.0 Å². The van der Waals surface area contributed by atoms with Gasteiger partial charge in [-0.15, -0.1) is 0 Å². The number of thioether (sulfide) groups is 1. The second-order valence-electron chi connectivity index (χ2n) is 5.46. The largest absolute Gasteiger partial charge is 0.465 e. The van der Waals surface area contributed by atoms with Crippen molar-refractivity contribution in [2.45, 2.75) is 69.2 Å². The van der Waals surface area contributed by atoms with Gasteiger partial charge >= 0.3 is 5.97 Å². The van der Waals surface area contributed by atoms with Gasteiger partial charge in [0.2, 0.25) is 0 Å². The SMILES string of the molecule is CCCSC1CCC(NC2CC2)(C(=O)OCC)C1. The van der Waals surface area contributed by atoms with Crippen molar-refractivity contribution >= 4 is 17.7 Å². The van der Waals surface area contributed by atoms with E-state index >= 15 is 0 Å². The summed E-state index contributed by atoms with van der Waals surface area (Å²) in [6.45, 7) is 4.59. The van der Waals surface area contributed by atoms with Crippen molar-refractivity contribution in [2.75, 3.05) is 12.4 Å². The van der Waals surface area contributed by atoms with Gasteiger partial charge in [-0.2, -0.15) is 11.8 Å². The summed E-state index contributed by atoms with van der Waals surface area (Å²) in [5.41, 5.74) is -0.372. The Hall–Kier alpha value is -0.220. The van der Waals surface area contributed by atoms with Crippen molar-refractivity contribution < 1.29 is 9.53 Å². The van der Waals surface area contributed by atoms with Crippen LogP contribution in [0.5, 0.6) is 0 Å². The highest BCUT2D eigenvalue weighted by Crippen LogP contribution is 2.40. The fourth-order valence-electron chi connectivity index (χ4n) is 2.69. The molecule has 0 heterocycles. The van der Waals surface area contributed by atoms with E-state index in [-0.39, 0.29) is 11.5 Å². The number of hydrogen-bond acceptors (Lipinski definition) is 4. The lowest BCUT2D eigenvalue weighted by atomic mass is 9.97. The molecule has 1 N–H and O–H groups in total. The molecule has 18 heavy (non-hydrogen) atoms. The Balaban J connectivity index is 1.95. The molecule has 0 radical (unpaired) electrons. The molecule has 0 saturated heterocycles. The first-order chi connectivity index (χ1) is 8.70. The molecule has 104 valence electrons. The van der Waals surface area contributed by atoms with E-state index in [4.69, 9.17) is 4.74 Å². The Morgan fingerprint density at radius 2 is 2.17 bits per heavy atom. The zero-order valence-electron chi connectivity index (χ0n) is 11.5. The molecule has 2 fully saturated rings. The van der Waals surface area contributed by atoms with Crippen LogP contribution in [-0.2, 0) is 9.53 Å². The Morgan fingerprint density at radius 3 is 2.78 bits per heavy atom. The minimum atomic E-state index is -0.372. The number of carbonyl (C=O) groups excluding carboxylic acids is 1. The third kappa shape index (κ3) is 3.41. The van der Waals surface area contributed by atoms with Gasteiger partial charge in [-0.1, -0.05) is 6.92 Å². The zero-order valence-corrected chi connectivity index (χ0v) is 12.4. The smallest absolute Gasteiger partial charge is 0.326 e. The van der Waals surface area contributed by atoms with Crippen molar-refractivity contribution in [1.29, 1.82) is 0 Å². The summed E-state index contributed by atoms with van der Waals surface area (Å²) in [7, 11) is 0. The zero-order chi connectivity index (χ0) is 13.0.